The molecule has 114 valence electrons. The van der Waals surface area contributed by atoms with Crippen molar-refractivity contribution in [2.45, 2.75) is 18.4 Å². The van der Waals surface area contributed by atoms with Crippen LogP contribution in [0.15, 0.2) is 29.4 Å². The third-order valence-corrected chi connectivity index (χ3v) is 3.69. The Morgan fingerprint density at radius 3 is 2.64 bits per heavy atom. The van der Waals surface area contributed by atoms with Crippen molar-refractivity contribution in [3.63, 3.8) is 0 Å². The van der Waals surface area contributed by atoms with E-state index in [0.29, 0.717) is 0 Å². The molecule has 1 fully saturated rings. The molecule has 22 heavy (non-hydrogen) atoms. The summed E-state index contributed by atoms with van der Waals surface area (Å²) in [6.07, 6.45) is -0.158. The first-order chi connectivity index (χ1) is 10.5. The van der Waals surface area contributed by atoms with Crippen LogP contribution >= 0.6 is 0 Å². The van der Waals surface area contributed by atoms with Crippen LogP contribution in [0.3, 0.4) is 0 Å². The molecule has 7 nitrogen and oxygen atoms in total. The molecule has 2 aliphatic heterocycles. The van der Waals surface area contributed by atoms with E-state index in [2.05, 4.69) is 15.3 Å². The highest BCUT2D eigenvalue weighted by Gasteiger charge is 2.56. The summed E-state index contributed by atoms with van der Waals surface area (Å²) in [6, 6.07) is 5.03. The summed E-state index contributed by atoms with van der Waals surface area (Å²) in [6.45, 7) is 0. The smallest absolute Gasteiger partial charge is 0.354 e. The average Bonchev–Trinajstić information content (AvgIpc) is 3.03. The third kappa shape index (κ3) is 2.03. The van der Waals surface area contributed by atoms with Gasteiger partial charge in [0.15, 0.2) is 0 Å². The number of rotatable bonds is 2. The molecule has 1 saturated heterocycles. The summed E-state index contributed by atoms with van der Waals surface area (Å²) in [4.78, 5) is 37.2. The van der Waals surface area contributed by atoms with Gasteiger partial charge in [-0.15, -0.1) is 0 Å². The van der Waals surface area contributed by atoms with Gasteiger partial charge in [-0.3, -0.25) is 15.0 Å². The number of hydrogen-bond donors (Lipinski definition) is 1. The Kier molecular flexibility index (Phi) is 3.16. The van der Waals surface area contributed by atoms with Gasteiger partial charge in [0, 0.05) is 6.42 Å². The number of carbonyl (C=O) groups is 3. The van der Waals surface area contributed by atoms with E-state index in [9.17, 15) is 18.8 Å². The van der Waals surface area contributed by atoms with Gasteiger partial charge >= 0.3 is 5.97 Å². The molecule has 3 rings (SSSR count). The van der Waals surface area contributed by atoms with Crippen molar-refractivity contribution in [1.82, 2.24) is 5.43 Å². The molecule has 0 radical (unpaired) electrons. The molecule has 1 spiro atoms. The van der Waals surface area contributed by atoms with Gasteiger partial charge in [0.2, 0.25) is 5.91 Å². The molecule has 2 amide bonds. The van der Waals surface area contributed by atoms with Gasteiger partial charge < -0.3 is 4.74 Å². The number of hydrogen-bond acceptors (Lipinski definition) is 6. The topological polar surface area (TPSA) is 88.1 Å². The van der Waals surface area contributed by atoms with Crippen LogP contribution in [-0.2, 0) is 19.1 Å². The Labute approximate surface area is 124 Å². The quantitative estimate of drug-likeness (QED) is 0.629. The number of nitrogens with zero attached hydrogens (tertiary/aromatic N) is 2. The van der Waals surface area contributed by atoms with E-state index in [4.69, 9.17) is 0 Å². The van der Waals surface area contributed by atoms with Crippen LogP contribution in [0.2, 0.25) is 0 Å². The van der Waals surface area contributed by atoms with Crippen LogP contribution in [0.1, 0.15) is 12.8 Å². The molecule has 0 aromatic heterocycles. The number of anilines is 1. The van der Waals surface area contributed by atoms with Crippen molar-refractivity contribution < 1.29 is 23.5 Å². The fourth-order valence-corrected chi connectivity index (χ4v) is 2.59. The highest BCUT2D eigenvalue weighted by atomic mass is 19.1. The Morgan fingerprint density at radius 2 is 2.00 bits per heavy atom. The summed E-state index contributed by atoms with van der Waals surface area (Å²) in [5.74, 6) is -2.07. The monoisotopic (exact) mass is 305 g/mol. The van der Waals surface area contributed by atoms with Gasteiger partial charge in [-0.2, -0.15) is 5.10 Å². The number of ether oxygens (including phenoxy) is 1. The lowest BCUT2D eigenvalue weighted by atomic mass is 9.93. The zero-order valence-corrected chi connectivity index (χ0v) is 11.6. The number of imide groups is 1. The number of esters is 1. The summed E-state index contributed by atoms with van der Waals surface area (Å²) < 4.78 is 17.5. The van der Waals surface area contributed by atoms with Crippen molar-refractivity contribution in [1.29, 1.82) is 0 Å². The van der Waals surface area contributed by atoms with Crippen molar-refractivity contribution in [3.05, 3.63) is 30.1 Å². The first-order valence-corrected chi connectivity index (χ1v) is 6.52. The van der Waals surface area contributed by atoms with E-state index >= 15 is 0 Å². The molecule has 1 aromatic carbocycles. The minimum atomic E-state index is -1.27. The normalized spacial score (nSPS) is 23.7. The summed E-state index contributed by atoms with van der Waals surface area (Å²) >= 11 is 0. The standard InChI is InChI=1S/C14H12FN3O4/c1-22-12(20)10-6-14(17-16-10)7-11(19)18(13(14)21)9-4-2-8(15)3-5-9/h2-5,17H,6-7H2,1H3/t14-/m1/s1. The largest absolute Gasteiger partial charge is 0.464 e. The molecule has 2 aliphatic rings. The lowest BCUT2D eigenvalue weighted by molar-refractivity contribution is -0.132. The first kappa shape index (κ1) is 14.2. The summed E-state index contributed by atoms with van der Waals surface area (Å²) in [7, 11) is 1.21. The maximum Gasteiger partial charge on any atom is 0.354 e. The van der Waals surface area contributed by atoms with E-state index in [-0.39, 0.29) is 24.2 Å². The molecule has 0 saturated carbocycles. The van der Waals surface area contributed by atoms with Crippen LogP contribution in [0, 0.1) is 5.82 Å². The Morgan fingerprint density at radius 1 is 1.32 bits per heavy atom. The average molecular weight is 305 g/mol. The second-order valence-corrected chi connectivity index (χ2v) is 5.11. The third-order valence-electron chi connectivity index (χ3n) is 3.69. The van der Waals surface area contributed by atoms with Crippen LogP contribution in [0.25, 0.3) is 0 Å². The molecule has 0 unspecified atom stereocenters. The van der Waals surface area contributed by atoms with Gasteiger partial charge in [-0.1, -0.05) is 0 Å². The summed E-state index contributed by atoms with van der Waals surface area (Å²) in [5.41, 5.74) is 1.66. The summed E-state index contributed by atoms with van der Waals surface area (Å²) in [5, 5.41) is 3.80. The van der Waals surface area contributed by atoms with Gasteiger partial charge in [-0.05, 0) is 24.3 Å². The molecule has 2 heterocycles. The lowest BCUT2D eigenvalue weighted by Gasteiger charge is -2.21. The van der Waals surface area contributed by atoms with Crippen LogP contribution in [-0.4, -0.2) is 36.1 Å². The highest BCUT2D eigenvalue weighted by Crippen LogP contribution is 2.34. The van der Waals surface area contributed by atoms with E-state index in [1.165, 1.54) is 31.4 Å². The van der Waals surface area contributed by atoms with Gasteiger partial charge in [0.25, 0.3) is 5.91 Å². The zero-order valence-electron chi connectivity index (χ0n) is 11.6. The van der Waals surface area contributed by atoms with E-state index in [0.717, 1.165) is 4.90 Å². The Balaban J connectivity index is 1.87. The van der Waals surface area contributed by atoms with Gasteiger partial charge in [0.1, 0.15) is 17.1 Å². The van der Waals surface area contributed by atoms with Crippen LogP contribution in [0.4, 0.5) is 10.1 Å². The minimum absolute atomic E-state index is 0.0259. The molecular weight excluding hydrogens is 293 g/mol. The fraction of sp³-hybridized carbons (Fsp3) is 0.286. The van der Waals surface area contributed by atoms with Gasteiger partial charge in [0.05, 0.1) is 19.2 Å². The van der Waals surface area contributed by atoms with Crippen molar-refractivity contribution in [2.24, 2.45) is 5.10 Å². The minimum Gasteiger partial charge on any atom is -0.464 e. The molecule has 8 heteroatoms. The van der Waals surface area contributed by atoms with Crippen molar-refractivity contribution >= 4 is 29.2 Å². The zero-order chi connectivity index (χ0) is 15.9. The second kappa shape index (κ2) is 4.90. The predicted octanol–water partition coefficient (Wildman–Crippen LogP) is 0.350. The SMILES string of the molecule is COC(=O)C1=NN[C@@]2(CC(=O)N(c3ccc(F)cc3)C2=O)C1. The van der Waals surface area contributed by atoms with Crippen molar-refractivity contribution in [3.8, 4) is 0 Å². The van der Waals surface area contributed by atoms with Crippen LogP contribution in [0.5, 0.6) is 0 Å². The second-order valence-electron chi connectivity index (χ2n) is 5.11. The highest BCUT2D eigenvalue weighted by molar-refractivity contribution is 6.39. The van der Waals surface area contributed by atoms with E-state index in [1.807, 2.05) is 0 Å². The number of halogens is 1. The predicted molar refractivity (Wildman–Crippen MR) is 73.4 cm³/mol. The number of nitrogens with one attached hydrogen (secondary N) is 1. The Bertz CT molecular complexity index is 701. The molecule has 0 aliphatic carbocycles. The molecule has 1 aromatic rings. The molecule has 1 atom stereocenters. The number of carbonyl (C=O) groups excluding carboxylic acids is 3. The van der Waals surface area contributed by atoms with Gasteiger partial charge in [-0.25, -0.2) is 14.1 Å². The number of amides is 2. The first-order valence-electron chi connectivity index (χ1n) is 6.52. The molecular formula is C14H12FN3O4. The van der Waals surface area contributed by atoms with E-state index < -0.39 is 29.1 Å². The number of methoxy groups -OCH3 is 1. The lowest BCUT2D eigenvalue weighted by Crippen LogP contribution is -2.47. The molecule has 0 bridgehead atoms. The van der Waals surface area contributed by atoms with Crippen LogP contribution < -0.4 is 10.3 Å². The maximum absolute atomic E-state index is 13.0. The number of benzene rings is 1. The fourth-order valence-electron chi connectivity index (χ4n) is 2.59. The maximum atomic E-state index is 13.0. The molecule has 1 N–H and O–H groups in total. The Hall–Kier alpha value is -2.77. The van der Waals surface area contributed by atoms with Crippen molar-refractivity contribution in [2.75, 3.05) is 12.0 Å². The number of hydrazone groups is 1. The van der Waals surface area contributed by atoms with E-state index in [1.54, 1.807) is 0 Å².